The highest BCUT2D eigenvalue weighted by Gasteiger charge is 2.13. The molecule has 22 heavy (non-hydrogen) atoms. The average molecular weight is 318 g/mol. The number of alkyl halides is 1. The minimum absolute atomic E-state index is 0.528. The van der Waals surface area contributed by atoms with Crippen LogP contribution in [0.3, 0.4) is 0 Å². The number of unbranched alkanes of at least 4 members (excludes halogenated alkanes) is 1. The minimum Gasteiger partial charge on any atom is -0.374 e. The number of pyridine rings is 1. The summed E-state index contributed by atoms with van der Waals surface area (Å²) in [6.07, 6.45) is 3.88. The molecule has 0 radical (unpaired) electrons. The Kier molecular flexibility index (Phi) is 4.90. The molecule has 1 aromatic carbocycles. The molecular weight excluding hydrogens is 298 g/mol. The van der Waals surface area contributed by atoms with E-state index < -0.39 is 0 Å². The van der Waals surface area contributed by atoms with Crippen molar-refractivity contribution in [1.82, 2.24) is 14.5 Å². The quantitative estimate of drug-likeness (QED) is 0.485. The summed E-state index contributed by atoms with van der Waals surface area (Å²) in [6, 6.07) is 8.19. The number of para-hydroxylation sites is 1. The smallest absolute Gasteiger partial charge is 0.136 e. The lowest BCUT2D eigenvalue weighted by Gasteiger charge is -2.10. The number of aryl methyl sites for hydroxylation is 1. The highest BCUT2D eigenvalue weighted by Crippen LogP contribution is 2.25. The molecule has 5 heteroatoms. The summed E-state index contributed by atoms with van der Waals surface area (Å²) >= 11 is 5.82. The molecule has 116 valence electrons. The predicted octanol–water partition coefficient (Wildman–Crippen LogP) is 4.14. The predicted molar refractivity (Wildman–Crippen MR) is 90.3 cm³/mol. The first-order chi connectivity index (χ1) is 10.8. The molecule has 0 saturated heterocycles. The van der Waals surface area contributed by atoms with Crippen LogP contribution in [0.1, 0.15) is 25.6 Å². The van der Waals surface area contributed by atoms with Crippen LogP contribution >= 0.6 is 11.6 Å². The molecule has 0 aliphatic heterocycles. The third kappa shape index (κ3) is 2.94. The molecule has 2 heterocycles. The molecule has 0 aliphatic rings. The summed E-state index contributed by atoms with van der Waals surface area (Å²) in [5, 5.41) is 1.14. The van der Waals surface area contributed by atoms with Crippen LogP contribution in [-0.4, -0.2) is 27.0 Å². The van der Waals surface area contributed by atoms with Gasteiger partial charge in [-0.05, 0) is 25.8 Å². The van der Waals surface area contributed by atoms with Gasteiger partial charge >= 0.3 is 0 Å². The Hall–Kier alpha value is -1.65. The van der Waals surface area contributed by atoms with Crippen molar-refractivity contribution in [2.24, 2.45) is 0 Å². The molecule has 0 fully saturated rings. The van der Waals surface area contributed by atoms with E-state index in [9.17, 15) is 0 Å². The largest absolute Gasteiger partial charge is 0.374 e. The number of halogens is 1. The van der Waals surface area contributed by atoms with E-state index in [-0.39, 0.29) is 0 Å². The second-order valence-electron chi connectivity index (χ2n) is 5.22. The van der Waals surface area contributed by atoms with Crippen molar-refractivity contribution in [3.8, 4) is 0 Å². The van der Waals surface area contributed by atoms with Gasteiger partial charge in [0.2, 0.25) is 0 Å². The molecule has 0 saturated carbocycles. The van der Waals surface area contributed by atoms with Crippen LogP contribution in [-0.2, 0) is 17.9 Å². The van der Waals surface area contributed by atoms with E-state index in [1.54, 1.807) is 0 Å². The van der Waals surface area contributed by atoms with Gasteiger partial charge in [0.25, 0.3) is 0 Å². The number of hydrogen-bond donors (Lipinski definition) is 0. The van der Waals surface area contributed by atoms with Gasteiger partial charge in [-0.2, -0.15) is 0 Å². The van der Waals surface area contributed by atoms with E-state index in [0.717, 1.165) is 47.1 Å². The number of hydrogen-bond acceptors (Lipinski definition) is 3. The van der Waals surface area contributed by atoms with Gasteiger partial charge < -0.3 is 9.30 Å². The van der Waals surface area contributed by atoms with Crippen molar-refractivity contribution < 1.29 is 4.74 Å². The van der Waals surface area contributed by atoms with Crippen molar-refractivity contribution >= 4 is 33.5 Å². The Balaban J connectivity index is 2.12. The average Bonchev–Trinajstić information content (AvgIpc) is 2.91. The van der Waals surface area contributed by atoms with Gasteiger partial charge in [-0.15, -0.1) is 11.6 Å². The van der Waals surface area contributed by atoms with Crippen LogP contribution in [0.5, 0.6) is 0 Å². The third-order valence-corrected chi connectivity index (χ3v) is 4.03. The molecule has 0 bridgehead atoms. The van der Waals surface area contributed by atoms with Gasteiger partial charge in [-0.25, -0.2) is 4.98 Å². The zero-order chi connectivity index (χ0) is 15.4. The second-order valence-corrected chi connectivity index (χ2v) is 5.60. The molecule has 0 spiro atoms. The zero-order valence-electron chi connectivity index (χ0n) is 12.8. The van der Waals surface area contributed by atoms with Gasteiger partial charge in [0.05, 0.1) is 17.2 Å². The van der Waals surface area contributed by atoms with E-state index in [2.05, 4.69) is 15.6 Å². The molecule has 0 N–H and O–H groups in total. The van der Waals surface area contributed by atoms with Crippen LogP contribution in [0.2, 0.25) is 0 Å². The lowest BCUT2D eigenvalue weighted by atomic mass is 10.2. The highest BCUT2D eigenvalue weighted by atomic mass is 35.5. The molecule has 0 unspecified atom stereocenters. The first-order valence-corrected chi connectivity index (χ1v) is 8.25. The normalized spacial score (nSPS) is 11.5. The lowest BCUT2D eigenvalue weighted by molar-refractivity contribution is 0.126. The summed E-state index contributed by atoms with van der Waals surface area (Å²) in [5.41, 5.74) is 3.07. The zero-order valence-corrected chi connectivity index (χ0v) is 13.5. The number of nitrogens with zero attached hydrogens (tertiary/aromatic N) is 3. The third-order valence-electron chi connectivity index (χ3n) is 3.76. The van der Waals surface area contributed by atoms with Crippen LogP contribution < -0.4 is 0 Å². The van der Waals surface area contributed by atoms with Crippen LogP contribution in [0.4, 0.5) is 0 Å². The van der Waals surface area contributed by atoms with E-state index in [0.29, 0.717) is 19.1 Å². The van der Waals surface area contributed by atoms with E-state index >= 15 is 0 Å². The van der Waals surface area contributed by atoms with E-state index in [4.69, 9.17) is 21.3 Å². The van der Waals surface area contributed by atoms with Crippen molar-refractivity contribution in [2.75, 3.05) is 12.5 Å². The number of imidazole rings is 1. The monoisotopic (exact) mass is 317 g/mol. The summed E-state index contributed by atoms with van der Waals surface area (Å²) in [7, 11) is 0. The number of benzene rings is 1. The second kappa shape index (κ2) is 7.07. The summed E-state index contributed by atoms with van der Waals surface area (Å²) in [4.78, 5) is 9.22. The number of rotatable bonds is 7. The molecule has 4 nitrogen and oxygen atoms in total. The van der Waals surface area contributed by atoms with Gasteiger partial charge in [0, 0.05) is 24.4 Å². The lowest BCUT2D eigenvalue weighted by Crippen LogP contribution is -2.06. The van der Waals surface area contributed by atoms with Crippen molar-refractivity contribution in [1.29, 1.82) is 0 Å². The Labute approximate surface area is 135 Å². The molecule has 2 aromatic heterocycles. The highest BCUT2D eigenvalue weighted by molar-refractivity contribution is 6.17. The molecule has 0 amide bonds. The Bertz CT molecular complexity index is 769. The molecule has 0 aliphatic carbocycles. The maximum absolute atomic E-state index is 5.82. The molecule has 3 aromatic rings. The molecule has 0 atom stereocenters. The van der Waals surface area contributed by atoms with Gasteiger partial charge in [0.1, 0.15) is 17.9 Å². The van der Waals surface area contributed by atoms with Crippen molar-refractivity contribution in [2.45, 2.75) is 32.9 Å². The fourth-order valence-corrected chi connectivity index (χ4v) is 2.91. The van der Waals surface area contributed by atoms with Gasteiger partial charge in [-0.3, -0.25) is 4.98 Å². The SMILES string of the molecule is CCOCc1nc2cnc3ccccc3c2n1CCCCCl. The Morgan fingerprint density at radius 2 is 2.05 bits per heavy atom. The Morgan fingerprint density at radius 1 is 1.18 bits per heavy atom. The summed E-state index contributed by atoms with van der Waals surface area (Å²) in [5.74, 6) is 1.65. The standard InChI is InChI=1S/C17H20ClN3O/c1-2-22-12-16-20-15-11-19-14-8-4-3-7-13(14)17(15)21(16)10-6-5-9-18/h3-4,7-8,11H,2,5-6,9-10,12H2,1H3. The molecule has 3 rings (SSSR count). The first-order valence-electron chi connectivity index (χ1n) is 7.71. The van der Waals surface area contributed by atoms with Gasteiger partial charge in [-0.1, -0.05) is 18.2 Å². The van der Waals surface area contributed by atoms with E-state index in [1.807, 2.05) is 31.3 Å². The van der Waals surface area contributed by atoms with Crippen molar-refractivity contribution in [3.63, 3.8) is 0 Å². The molecular formula is C17H20ClN3O. The fraction of sp³-hybridized carbons (Fsp3) is 0.412. The minimum atomic E-state index is 0.528. The first kappa shape index (κ1) is 15.3. The summed E-state index contributed by atoms with van der Waals surface area (Å²) in [6.45, 7) is 4.11. The van der Waals surface area contributed by atoms with Crippen molar-refractivity contribution in [3.05, 3.63) is 36.3 Å². The fourth-order valence-electron chi connectivity index (χ4n) is 2.72. The van der Waals surface area contributed by atoms with E-state index in [1.165, 1.54) is 0 Å². The maximum atomic E-state index is 5.82. The number of fused-ring (bicyclic) bond motifs is 3. The number of aromatic nitrogens is 3. The van der Waals surface area contributed by atoms with Crippen LogP contribution in [0.15, 0.2) is 30.5 Å². The van der Waals surface area contributed by atoms with Gasteiger partial charge in [0.15, 0.2) is 0 Å². The Morgan fingerprint density at radius 3 is 2.86 bits per heavy atom. The summed E-state index contributed by atoms with van der Waals surface area (Å²) < 4.78 is 7.84. The topological polar surface area (TPSA) is 39.9 Å². The van der Waals surface area contributed by atoms with Crippen LogP contribution in [0, 0.1) is 0 Å². The van der Waals surface area contributed by atoms with Crippen LogP contribution in [0.25, 0.3) is 21.9 Å². The number of ether oxygens (including phenoxy) is 1. The maximum Gasteiger partial charge on any atom is 0.136 e.